The molecule has 1 aliphatic rings. The summed E-state index contributed by atoms with van der Waals surface area (Å²) in [4.78, 5) is 2.38. The average Bonchev–Trinajstić information content (AvgIpc) is 2.07. The van der Waals surface area contributed by atoms with Gasteiger partial charge in [0.15, 0.2) is 0 Å². The lowest BCUT2D eigenvalue weighted by atomic mass is 10.1. The molecule has 0 aromatic heterocycles. The predicted molar refractivity (Wildman–Crippen MR) is 45.0 cm³/mol. The van der Waals surface area contributed by atoms with Crippen LogP contribution in [0.25, 0.3) is 0 Å². The Morgan fingerprint density at radius 1 is 1.73 bits per heavy atom. The van der Waals surface area contributed by atoms with E-state index in [1.165, 1.54) is 6.42 Å². The van der Waals surface area contributed by atoms with Crippen molar-refractivity contribution in [2.24, 2.45) is 0 Å². The second-order valence-corrected chi connectivity index (χ2v) is 2.89. The van der Waals surface area contributed by atoms with E-state index in [-0.39, 0.29) is 0 Å². The third kappa shape index (κ3) is 2.36. The van der Waals surface area contributed by atoms with Crippen LogP contribution in [0.15, 0.2) is 11.6 Å². The Balaban J connectivity index is 2.37. The van der Waals surface area contributed by atoms with E-state index in [0.29, 0.717) is 0 Å². The first-order valence-electron chi connectivity index (χ1n) is 4.18. The Bertz CT molecular complexity index is 188. The van der Waals surface area contributed by atoms with Gasteiger partial charge >= 0.3 is 0 Å². The molecule has 0 fully saturated rings. The zero-order valence-corrected chi connectivity index (χ0v) is 7.01. The molecule has 11 heavy (non-hydrogen) atoms. The molecule has 1 rings (SSSR count). The van der Waals surface area contributed by atoms with E-state index in [4.69, 9.17) is 5.26 Å². The van der Waals surface area contributed by atoms with Gasteiger partial charge in [0.25, 0.3) is 0 Å². The highest BCUT2D eigenvalue weighted by Crippen LogP contribution is 2.09. The van der Waals surface area contributed by atoms with E-state index in [1.54, 1.807) is 0 Å². The van der Waals surface area contributed by atoms with Gasteiger partial charge in [-0.3, -0.25) is 4.90 Å². The van der Waals surface area contributed by atoms with E-state index in [2.05, 4.69) is 17.9 Å². The predicted octanol–water partition coefficient (Wildman–Crippen LogP) is 1.55. The molecule has 2 nitrogen and oxygen atoms in total. The molecule has 0 aliphatic carbocycles. The zero-order valence-electron chi connectivity index (χ0n) is 7.01. The Morgan fingerprint density at radius 3 is 3.00 bits per heavy atom. The number of rotatable bonds is 2. The summed E-state index contributed by atoms with van der Waals surface area (Å²) in [5.74, 6) is 0. The van der Waals surface area contributed by atoms with E-state index in [0.717, 1.165) is 31.6 Å². The van der Waals surface area contributed by atoms with Gasteiger partial charge in [0.1, 0.15) is 0 Å². The van der Waals surface area contributed by atoms with Gasteiger partial charge < -0.3 is 0 Å². The summed E-state index contributed by atoms with van der Waals surface area (Å²) in [7, 11) is 0. The number of hydrogen-bond acceptors (Lipinski definition) is 2. The maximum absolute atomic E-state index is 8.57. The first-order chi connectivity index (χ1) is 5.36. The molecule has 0 aromatic carbocycles. The summed E-state index contributed by atoms with van der Waals surface area (Å²) in [5.41, 5.74) is 0.956. The molecule has 2 heteroatoms. The molecule has 0 bridgehead atoms. The number of nitriles is 1. The third-order valence-corrected chi connectivity index (χ3v) is 1.98. The summed E-state index contributed by atoms with van der Waals surface area (Å²) in [6.07, 6.45) is 4.19. The minimum atomic E-state index is 0.941. The van der Waals surface area contributed by atoms with Crippen LogP contribution in [0.4, 0.5) is 0 Å². The highest BCUT2D eigenvalue weighted by molar-refractivity contribution is 5.22. The van der Waals surface area contributed by atoms with Gasteiger partial charge in [-0.25, -0.2) is 0 Å². The monoisotopic (exact) mass is 150 g/mol. The molecule has 0 amide bonds. The van der Waals surface area contributed by atoms with Crippen LogP contribution < -0.4 is 0 Å². The molecule has 0 aromatic rings. The van der Waals surface area contributed by atoms with E-state index in [9.17, 15) is 0 Å². The van der Waals surface area contributed by atoms with Crippen molar-refractivity contribution in [1.82, 2.24) is 4.90 Å². The van der Waals surface area contributed by atoms with Crippen molar-refractivity contribution in [3.63, 3.8) is 0 Å². The van der Waals surface area contributed by atoms with Crippen molar-refractivity contribution in [3.8, 4) is 6.07 Å². The molecular formula is C9H14N2. The fourth-order valence-corrected chi connectivity index (χ4v) is 1.33. The summed E-state index contributed by atoms with van der Waals surface area (Å²) < 4.78 is 0. The normalized spacial score (nSPS) is 19.1. The molecular weight excluding hydrogens is 136 g/mol. The van der Waals surface area contributed by atoms with Crippen LogP contribution in [0.1, 0.15) is 19.8 Å². The Labute approximate surface area is 68.1 Å². The summed E-state index contributed by atoms with van der Waals surface area (Å²) in [6.45, 7) is 5.38. The highest BCUT2D eigenvalue weighted by Gasteiger charge is 2.08. The van der Waals surface area contributed by atoms with Crippen LogP contribution in [-0.4, -0.2) is 24.5 Å². The van der Waals surface area contributed by atoms with Gasteiger partial charge in [-0.2, -0.15) is 5.26 Å². The fraction of sp³-hybridized carbons (Fsp3) is 0.667. The summed E-state index contributed by atoms with van der Waals surface area (Å²) >= 11 is 0. The topological polar surface area (TPSA) is 27.0 Å². The molecule has 0 atom stereocenters. The van der Waals surface area contributed by atoms with Gasteiger partial charge in [-0.05, 0) is 19.4 Å². The number of nitrogens with zero attached hydrogens (tertiary/aromatic N) is 2. The molecule has 0 saturated carbocycles. The average molecular weight is 150 g/mol. The van der Waals surface area contributed by atoms with Crippen molar-refractivity contribution in [2.45, 2.75) is 19.8 Å². The SMILES string of the molecule is CCCN1CC=C(C#N)CC1. The van der Waals surface area contributed by atoms with E-state index < -0.39 is 0 Å². The van der Waals surface area contributed by atoms with E-state index >= 15 is 0 Å². The molecule has 0 radical (unpaired) electrons. The van der Waals surface area contributed by atoms with Crippen molar-refractivity contribution < 1.29 is 0 Å². The van der Waals surface area contributed by atoms with Crippen molar-refractivity contribution in [3.05, 3.63) is 11.6 Å². The molecule has 0 spiro atoms. The third-order valence-electron chi connectivity index (χ3n) is 1.98. The molecule has 60 valence electrons. The smallest absolute Gasteiger partial charge is 0.0944 e. The molecule has 1 heterocycles. The van der Waals surface area contributed by atoms with E-state index in [1.807, 2.05) is 6.08 Å². The second kappa shape index (κ2) is 4.15. The van der Waals surface area contributed by atoms with Crippen LogP contribution >= 0.6 is 0 Å². The van der Waals surface area contributed by atoms with Crippen molar-refractivity contribution >= 4 is 0 Å². The lowest BCUT2D eigenvalue weighted by Crippen LogP contribution is -2.29. The first kappa shape index (κ1) is 8.29. The summed E-state index contributed by atoms with van der Waals surface area (Å²) in [6, 6.07) is 2.20. The minimum Gasteiger partial charge on any atom is -0.299 e. The fourth-order valence-electron chi connectivity index (χ4n) is 1.33. The standard InChI is InChI=1S/C9H14N2/c1-2-5-11-6-3-9(8-10)4-7-11/h3H,2,4-7H2,1H3. The molecule has 0 saturated heterocycles. The molecule has 0 N–H and O–H groups in total. The Hall–Kier alpha value is -0.810. The van der Waals surface area contributed by atoms with Crippen molar-refractivity contribution in [1.29, 1.82) is 5.26 Å². The summed E-state index contributed by atoms with van der Waals surface area (Å²) in [5, 5.41) is 8.57. The zero-order chi connectivity index (χ0) is 8.10. The Kier molecular flexibility index (Phi) is 3.13. The largest absolute Gasteiger partial charge is 0.299 e. The van der Waals surface area contributed by atoms with Crippen LogP contribution in [0.2, 0.25) is 0 Å². The van der Waals surface area contributed by atoms with Gasteiger partial charge in [-0.15, -0.1) is 0 Å². The lowest BCUT2D eigenvalue weighted by Gasteiger charge is -2.23. The van der Waals surface area contributed by atoms with Crippen LogP contribution in [0.3, 0.4) is 0 Å². The van der Waals surface area contributed by atoms with Gasteiger partial charge in [-0.1, -0.05) is 13.0 Å². The molecule has 1 aliphatic heterocycles. The van der Waals surface area contributed by atoms with Crippen LogP contribution in [0, 0.1) is 11.3 Å². The quantitative estimate of drug-likeness (QED) is 0.597. The number of hydrogen-bond donors (Lipinski definition) is 0. The van der Waals surface area contributed by atoms with Crippen molar-refractivity contribution in [2.75, 3.05) is 19.6 Å². The minimum absolute atomic E-state index is 0.941. The highest BCUT2D eigenvalue weighted by atomic mass is 15.1. The van der Waals surface area contributed by atoms with Gasteiger partial charge in [0.2, 0.25) is 0 Å². The second-order valence-electron chi connectivity index (χ2n) is 2.89. The first-order valence-corrected chi connectivity index (χ1v) is 4.18. The van der Waals surface area contributed by atoms with Gasteiger partial charge in [0, 0.05) is 18.7 Å². The Morgan fingerprint density at radius 2 is 2.55 bits per heavy atom. The lowest BCUT2D eigenvalue weighted by molar-refractivity contribution is 0.296. The van der Waals surface area contributed by atoms with Crippen LogP contribution in [-0.2, 0) is 0 Å². The maximum atomic E-state index is 8.57. The van der Waals surface area contributed by atoms with Crippen LogP contribution in [0.5, 0.6) is 0 Å². The molecule has 0 unspecified atom stereocenters. The maximum Gasteiger partial charge on any atom is 0.0944 e. The van der Waals surface area contributed by atoms with Gasteiger partial charge in [0.05, 0.1) is 6.07 Å².